The normalized spacial score (nSPS) is 17.4. The van der Waals surface area contributed by atoms with Crippen LogP contribution >= 0.6 is 0 Å². The maximum absolute atomic E-state index is 2.47. The van der Waals surface area contributed by atoms with Crippen LogP contribution in [0.5, 0.6) is 0 Å². The highest BCUT2D eigenvalue weighted by Crippen LogP contribution is 2.41. The monoisotopic (exact) mass is 392 g/mol. The zero-order valence-electron chi connectivity index (χ0n) is 20.4. The molecule has 1 aliphatic carbocycles. The Kier molecular flexibility index (Phi) is 5.75. The predicted molar refractivity (Wildman–Crippen MR) is 126 cm³/mol. The first-order valence-electron chi connectivity index (χ1n) is 11.5. The maximum Gasteiger partial charge on any atom is 0.212 e. The summed E-state index contributed by atoms with van der Waals surface area (Å²) in [5.41, 5.74) is 9.12. The Labute approximate surface area is 179 Å². The van der Waals surface area contributed by atoms with Crippen molar-refractivity contribution in [3.63, 3.8) is 0 Å². The number of hydrogen-bond acceptors (Lipinski definition) is 0. The molecule has 3 rings (SSSR count). The second-order valence-corrected chi connectivity index (χ2v) is 11.7. The van der Waals surface area contributed by atoms with E-state index in [1.54, 1.807) is 0 Å². The van der Waals surface area contributed by atoms with Crippen LogP contribution in [0.25, 0.3) is 11.3 Å². The topological polar surface area (TPSA) is 3.88 Å². The molecule has 0 saturated heterocycles. The highest BCUT2D eigenvalue weighted by atomic mass is 14.9. The van der Waals surface area contributed by atoms with E-state index in [0.29, 0.717) is 5.41 Å². The molecule has 158 valence electrons. The van der Waals surface area contributed by atoms with Gasteiger partial charge in [-0.2, -0.15) is 0 Å². The van der Waals surface area contributed by atoms with Gasteiger partial charge < -0.3 is 0 Å². The lowest BCUT2D eigenvalue weighted by atomic mass is 9.70. The minimum atomic E-state index is 0.120. The van der Waals surface area contributed by atoms with Crippen LogP contribution in [0.1, 0.15) is 103 Å². The molecule has 0 spiro atoms. The summed E-state index contributed by atoms with van der Waals surface area (Å²) in [5.74, 6) is 0. The lowest BCUT2D eigenvalue weighted by molar-refractivity contribution is -0.661. The van der Waals surface area contributed by atoms with E-state index >= 15 is 0 Å². The van der Waals surface area contributed by atoms with Gasteiger partial charge in [0.25, 0.3) is 0 Å². The number of hydrogen-bond donors (Lipinski definition) is 0. The number of benzene rings is 1. The van der Waals surface area contributed by atoms with E-state index in [9.17, 15) is 0 Å². The molecule has 1 heteroatoms. The van der Waals surface area contributed by atoms with E-state index in [1.165, 1.54) is 65.6 Å². The van der Waals surface area contributed by atoms with Crippen molar-refractivity contribution in [2.24, 2.45) is 7.05 Å². The number of nitrogens with zero attached hydrogens (tertiary/aromatic N) is 1. The Hall–Kier alpha value is -1.63. The lowest BCUT2D eigenvalue weighted by Crippen LogP contribution is -2.36. The van der Waals surface area contributed by atoms with Crippen molar-refractivity contribution in [1.82, 2.24) is 0 Å². The zero-order valence-corrected chi connectivity index (χ0v) is 20.4. The van der Waals surface area contributed by atoms with E-state index in [1.807, 2.05) is 0 Å². The van der Waals surface area contributed by atoms with Gasteiger partial charge in [0, 0.05) is 17.2 Å². The van der Waals surface area contributed by atoms with Crippen LogP contribution in [0.15, 0.2) is 30.5 Å². The Bertz CT molecular complexity index is 884. The highest BCUT2D eigenvalue weighted by molar-refractivity contribution is 5.63. The molecular weight excluding hydrogens is 350 g/mol. The van der Waals surface area contributed by atoms with Gasteiger partial charge in [0.1, 0.15) is 7.05 Å². The van der Waals surface area contributed by atoms with Gasteiger partial charge >= 0.3 is 0 Å². The lowest BCUT2D eigenvalue weighted by Gasteiger charge is -2.34. The Morgan fingerprint density at radius 1 is 0.828 bits per heavy atom. The van der Waals surface area contributed by atoms with Gasteiger partial charge in [-0.05, 0) is 58.8 Å². The molecule has 1 aromatic carbocycles. The van der Waals surface area contributed by atoms with Crippen LogP contribution in [0.2, 0.25) is 0 Å². The molecule has 29 heavy (non-hydrogen) atoms. The van der Waals surface area contributed by atoms with Crippen molar-refractivity contribution in [2.75, 3.05) is 0 Å². The summed E-state index contributed by atoms with van der Waals surface area (Å²) >= 11 is 0. The van der Waals surface area contributed by atoms with E-state index in [2.05, 4.69) is 97.5 Å². The molecular formula is C28H42N+. The standard InChI is InChI=1S/C28H42N/c1-20-17-21(28(8)15-11-10-12-16-28)13-14-22(20)25-18-23(26(2,3)4)24(19-29(25)9)27(5,6)7/h13-14,17-19H,10-12,15-16H2,1-9H3/q+1. The van der Waals surface area contributed by atoms with E-state index in [-0.39, 0.29) is 10.8 Å². The van der Waals surface area contributed by atoms with E-state index in [0.717, 1.165) is 0 Å². The van der Waals surface area contributed by atoms with Crippen LogP contribution in [0, 0.1) is 6.92 Å². The first kappa shape index (κ1) is 22.1. The Balaban J connectivity index is 2.11. The molecule has 0 atom stereocenters. The zero-order chi connectivity index (χ0) is 21.6. The molecule has 0 unspecified atom stereocenters. The first-order chi connectivity index (χ1) is 13.3. The minimum absolute atomic E-state index is 0.120. The molecule has 0 aliphatic heterocycles. The van der Waals surface area contributed by atoms with Gasteiger partial charge in [-0.25, -0.2) is 4.57 Å². The second kappa shape index (κ2) is 7.56. The van der Waals surface area contributed by atoms with Gasteiger partial charge in [0.15, 0.2) is 6.20 Å². The largest absolute Gasteiger partial charge is 0.212 e. The summed E-state index contributed by atoms with van der Waals surface area (Å²) in [4.78, 5) is 0. The van der Waals surface area contributed by atoms with Crippen LogP contribution in [-0.4, -0.2) is 0 Å². The van der Waals surface area contributed by atoms with Crippen molar-refractivity contribution in [2.45, 2.75) is 104 Å². The van der Waals surface area contributed by atoms with Crippen molar-refractivity contribution in [3.05, 3.63) is 52.7 Å². The summed E-state index contributed by atoms with van der Waals surface area (Å²) in [6.45, 7) is 18.7. The van der Waals surface area contributed by atoms with Crippen LogP contribution in [0.4, 0.5) is 0 Å². The molecule has 1 aromatic heterocycles. The SMILES string of the molecule is Cc1cc(C2(C)CCCCC2)ccc1-c1cc(C(C)(C)C)c(C(C)(C)C)c[n+]1C. The van der Waals surface area contributed by atoms with Crippen LogP contribution < -0.4 is 4.57 Å². The molecule has 1 nitrogen and oxygen atoms in total. The van der Waals surface area contributed by atoms with E-state index < -0.39 is 0 Å². The van der Waals surface area contributed by atoms with Crippen molar-refractivity contribution >= 4 is 0 Å². The third-order valence-corrected chi connectivity index (χ3v) is 7.05. The minimum Gasteiger partial charge on any atom is -0.201 e. The van der Waals surface area contributed by atoms with Gasteiger partial charge in [-0.3, -0.25) is 0 Å². The quantitative estimate of drug-likeness (QED) is 0.472. The van der Waals surface area contributed by atoms with Gasteiger partial charge in [0.2, 0.25) is 5.69 Å². The molecule has 1 fully saturated rings. The fourth-order valence-corrected chi connectivity index (χ4v) is 5.08. The maximum atomic E-state index is 2.47. The van der Waals surface area contributed by atoms with Crippen molar-refractivity contribution in [1.29, 1.82) is 0 Å². The molecule has 1 aliphatic rings. The Morgan fingerprint density at radius 3 is 1.93 bits per heavy atom. The molecule has 1 heterocycles. The molecule has 1 saturated carbocycles. The molecule has 0 amide bonds. The predicted octanol–water partition coefficient (Wildman–Crippen LogP) is 7.30. The first-order valence-corrected chi connectivity index (χ1v) is 11.5. The van der Waals surface area contributed by atoms with E-state index in [4.69, 9.17) is 0 Å². The van der Waals surface area contributed by atoms with Gasteiger partial charge in [-0.15, -0.1) is 0 Å². The number of pyridine rings is 1. The average molecular weight is 393 g/mol. The fourth-order valence-electron chi connectivity index (χ4n) is 5.08. The highest BCUT2D eigenvalue weighted by Gasteiger charge is 2.32. The second-order valence-electron chi connectivity index (χ2n) is 11.7. The smallest absolute Gasteiger partial charge is 0.201 e. The summed E-state index contributed by atoms with van der Waals surface area (Å²) in [6, 6.07) is 9.70. The summed E-state index contributed by atoms with van der Waals surface area (Å²) in [6.07, 6.45) is 9.16. The number of aromatic nitrogens is 1. The summed E-state index contributed by atoms with van der Waals surface area (Å²) in [5, 5.41) is 0. The Morgan fingerprint density at radius 2 is 1.41 bits per heavy atom. The van der Waals surface area contributed by atoms with Gasteiger partial charge in [0.05, 0.1) is 0 Å². The number of rotatable bonds is 2. The third kappa shape index (κ3) is 4.44. The molecule has 0 N–H and O–H groups in total. The molecule has 0 bridgehead atoms. The summed E-state index contributed by atoms with van der Waals surface area (Å²) < 4.78 is 2.33. The fraction of sp³-hybridized carbons (Fsp3) is 0.607. The van der Waals surface area contributed by atoms with Crippen LogP contribution in [-0.2, 0) is 23.3 Å². The third-order valence-electron chi connectivity index (χ3n) is 7.05. The van der Waals surface area contributed by atoms with Crippen molar-refractivity contribution < 1.29 is 4.57 Å². The average Bonchev–Trinajstić information content (AvgIpc) is 2.60. The molecule has 0 radical (unpaired) electrons. The van der Waals surface area contributed by atoms with Crippen molar-refractivity contribution in [3.8, 4) is 11.3 Å². The van der Waals surface area contributed by atoms with Crippen LogP contribution in [0.3, 0.4) is 0 Å². The summed E-state index contributed by atoms with van der Waals surface area (Å²) in [7, 11) is 2.20. The van der Waals surface area contributed by atoms with Gasteiger partial charge in [-0.1, -0.05) is 79.9 Å². The number of aryl methyl sites for hydroxylation is 2. The molecule has 2 aromatic rings.